The Kier molecular flexibility index (Phi) is 6.50. The number of benzene rings is 1. The third kappa shape index (κ3) is 4.13. The Morgan fingerprint density at radius 3 is 2.93 bits per heavy atom. The number of fused-ring (bicyclic) bond motifs is 1. The molecule has 7 heteroatoms. The quantitative estimate of drug-likeness (QED) is 0.648. The van der Waals surface area contributed by atoms with Crippen LogP contribution in [0.15, 0.2) is 53.0 Å². The van der Waals surface area contributed by atoms with E-state index < -0.39 is 6.04 Å². The number of hydrogen-bond donors (Lipinski definition) is 2. The first-order chi connectivity index (χ1) is 14.7. The minimum absolute atomic E-state index is 0.115. The van der Waals surface area contributed by atoms with E-state index in [1.54, 1.807) is 16.2 Å². The minimum atomic E-state index is -0.434. The zero-order chi connectivity index (χ0) is 20.9. The molecule has 1 aliphatic heterocycles. The van der Waals surface area contributed by atoms with Crippen LogP contribution < -0.4 is 15.5 Å². The van der Waals surface area contributed by atoms with Crippen LogP contribution in [0.1, 0.15) is 43.5 Å². The van der Waals surface area contributed by atoms with Crippen LogP contribution in [0.4, 0.5) is 16.2 Å². The summed E-state index contributed by atoms with van der Waals surface area (Å²) in [4.78, 5) is 29.3. The molecule has 2 aromatic rings. The normalized spacial score (nSPS) is 18.4. The van der Waals surface area contributed by atoms with E-state index in [1.165, 1.54) is 0 Å². The third-order valence-electron chi connectivity index (χ3n) is 5.41. The van der Waals surface area contributed by atoms with Crippen molar-refractivity contribution < 1.29 is 14.3 Å². The summed E-state index contributed by atoms with van der Waals surface area (Å²) in [5.41, 5.74) is 3.27. The van der Waals surface area contributed by atoms with Crippen molar-refractivity contribution in [3.63, 3.8) is 0 Å². The van der Waals surface area contributed by atoms with Gasteiger partial charge in [-0.25, -0.2) is 4.79 Å². The highest BCUT2D eigenvalue weighted by Crippen LogP contribution is 2.45. The van der Waals surface area contributed by atoms with E-state index in [0.29, 0.717) is 31.8 Å². The van der Waals surface area contributed by atoms with Crippen molar-refractivity contribution in [1.29, 1.82) is 0 Å². The first-order valence-corrected chi connectivity index (χ1v) is 11.4. The van der Waals surface area contributed by atoms with Gasteiger partial charge in [0.05, 0.1) is 11.4 Å². The molecule has 1 aromatic carbocycles. The van der Waals surface area contributed by atoms with E-state index in [-0.39, 0.29) is 11.8 Å². The molecule has 30 heavy (non-hydrogen) atoms. The summed E-state index contributed by atoms with van der Waals surface area (Å²) in [7, 11) is 0. The van der Waals surface area contributed by atoms with E-state index >= 15 is 0 Å². The van der Waals surface area contributed by atoms with Gasteiger partial charge in [-0.1, -0.05) is 18.2 Å². The summed E-state index contributed by atoms with van der Waals surface area (Å²) in [6, 6.07) is 11.1. The fourth-order valence-corrected chi connectivity index (χ4v) is 4.90. The lowest BCUT2D eigenvalue weighted by molar-refractivity contribution is -0.116. The number of allylic oxidation sites excluding steroid dienone is 1. The van der Waals surface area contributed by atoms with Crippen LogP contribution >= 0.6 is 11.3 Å². The minimum Gasteiger partial charge on any atom is -0.382 e. The third-order valence-corrected chi connectivity index (χ3v) is 6.34. The van der Waals surface area contributed by atoms with Crippen LogP contribution in [0.2, 0.25) is 0 Å². The molecule has 0 radical (unpaired) electrons. The first kappa shape index (κ1) is 20.6. The number of amides is 2. The number of thiophene rings is 1. The molecule has 0 unspecified atom stereocenters. The lowest BCUT2D eigenvalue weighted by Crippen LogP contribution is -2.44. The highest BCUT2D eigenvalue weighted by molar-refractivity contribution is 7.10. The molecule has 6 nitrogen and oxygen atoms in total. The molecular formula is C23H27N3O3S. The van der Waals surface area contributed by atoms with Crippen molar-refractivity contribution in [2.24, 2.45) is 0 Å². The van der Waals surface area contributed by atoms with Crippen LogP contribution in [0, 0.1) is 0 Å². The van der Waals surface area contributed by atoms with Crippen molar-refractivity contribution in [3.8, 4) is 0 Å². The summed E-state index contributed by atoms with van der Waals surface area (Å²) in [5, 5.41) is 8.50. The monoisotopic (exact) mass is 425 g/mol. The Balaban J connectivity index is 1.75. The molecule has 0 saturated heterocycles. The summed E-state index contributed by atoms with van der Waals surface area (Å²) in [5.74, 6) is 0.115. The number of nitrogens with one attached hydrogen (secondary N) is 2. The molecule has 4 rings (SSSR count). The van der Waals surface area contributed by atoms with Crippen LogP contribution in [0.5, 0.6) is 0 Å². The Bertz CT molecular complexity index is 939. The number of ether oxygens (including phenoxy) is 1. The highest BCUT2D eigenvalue weighted by atomic mass is 32.1. The largest absolute Gasteiger partial charge is 0.382 e. The van der Waals surface area contributed by atoms with Gasteiger partial charge in [0.2, 0.25) is 0 Å². The maximum absolute atomic E-state index is 13.5. The lowest BCUT2D eigenvalue weighted by atomic mass is 9.88. The number of hydrogen-bond acceptors (Lipinski definition) is 5. The van der Waals surface area contributed by atoms with Gasteiger partial charge in [-0.3, -0.25) is 9.69 Å². The Hall–Kier alpha value is -2.64. The van der Waals surface area contributed by atoms with E-state index in [9.17, 15) is 9.59 Å². The SMILES string of the molecule is CCOCCCNC(=O)N1c2ccccc2NC2=C(C(=O)CCC2)[C@@H]1c1cccs1. The van der Waals surface area contributed by atoms with E-state index in [0.717, 1.165) is 41.2 Å². The van der Waals surface area contributed by atoms with Gasteiger partial charge in [0.1, 0.15) is 6.04 Å². The van der Waals surface area contributed by atoms with Crippen LogP contribution in [-0.4, -0.2) is 31.6 Å². The number of urea groups is 1. The summed E-state index contributed by atoms with van der Waals surface area (Å²) in [6.45, 7) is 3.75. The number of Topliss-reactive ketones (excluding diaryl/α,β-unsaturated/α-hetero) is 1. The smallest absolute Gasteiger partial charge is 0.322 e. The Morgan fingerprint density at radius 1 is 1.27 bits per heavy atom. The summed E-state index contributed by atoms with van der Waals surface area (Å²) >= 11 is 1.57. The molecule has 0 fully saturated rings. The maximum atomic E-state index is 13.5. The van der Waals surface area contributed by atoms with E-state index in [4.69, 9.17) is 4.74 Å². The molecule has 2 N–H and O–H groups in total. The summed E-state index contributed by atoms with van der Waals surface area (Å²) in [6.07, 6.45) is 2.89. The molecule has 1 aromatic heterocycles. The predicted octanol–water partition coefficient (Wildman–Crippen LogP) is 4.86. The van der Waals surface area contributed by atoms with Gasteiger partial charge < -0.3 is 15.4 Å². The number of nitrogens with zero attached hydrogens (tertiary/aromatic N) is 1. The second-order valence-electron chi connectivity index (χ2n) is 7.38. The molecule has 0 spiro atoms. The molecule has 0 bridgehead atoms. The second kappa shape index (κ2) is 9.45. The average molecular weight is 426 g/mol. The number of anilines is 2. The van der Waals surface area contributed by atoms with E-state index in [1.807, 2.05) is 48.7 Å². The van der Waals surface area contributed by atoms with Crippen molar-refractivity contribution >= 4 is 34.5 Å². The topological polar surface area (TPSA) is 70.7 Å². The first-order valence-electron chi connectivity index (χ1n) is 10.5. The molecular weight excluding hydrogens is 398 g/mol. The number of carbonyl (C=O) groups excluding carboxylic acids is 2. The fraction of sp³-hybridized carbons (Fsp3) is 0.391. The molecule has 2 aliphatic rings. The predicted molar refractivity (Wildman–Crippen MR) is 120 cm³/mol. The number of para-hydroxylation sites is 2. The van der Waals surface area contributed by atoms with Crippen LogP contribution in [-0.2, 0) is 9.53 Å². The van der Waals surface area contributed by atoms with Gasteiger partial charge in [-0.2, -0.15) is 0 Å². The van der Waals surface area contributed by atoms with Crippen molar-refractivity contribution in [1.82, 2.24) is 5.32 Å². The Morgan fingerprint density at radius 2 is 2.13 bits per heavy atom. The average Bonchev–Trinajstić information content (AvgIpc) is 3.23. The highest BCUT2D eigenvalue weighted by Gasteiger charge is 2.39. The fourth-order valence-electron chi connectivity index (χ4n) is 4.07. The molecule has 0 saturated carbocycles. The van der Waals surface area contributed by atoms with Crippen molar-refractivity contribution in [3.05, 3.63) is 57.9 Å². The van der Waals surface area contributed by atoms with Gasteiger partial charge >= 0.3 is 6.03 Å². The van der Waals surface area contributed by atoms with Gasteiger partial charge in [0, 0.05) is 42.3 Å². The molecule has 2 amide bonds. The molecule has 2 heterocycles. The van der Waals surface area contributed by atoms with Crippen LogP contribution in [0.25, 0.3) is 0 Å². The van der Waals surface area contributed by atoms with Gasteiger partial charge in [0.15, 0.2) is 5.78 Å². The maximum Gasteiger partial charge on any atom is 0.322 e. The zero-order valence-electron chi connectivity index (χ0n) is 17.1. The van der Waals surface area contributed by atoms with Gasteiger partial charge in [-0.05, 0) is 49.8 Å². The molecule has 1 atom stereocenters. The number of carbonyl (C=O) groups is 2. The summed E-state index contributed by atoms with van der Waals surface area (Å²) < 4.78 is 5.38. The standard InChI is InChI=1S/C23H27N3O3S/c1-2-29-14-7-13-24-23(28)26-18-10-4-3-8-16(18)25-17-9-5-11-19(27)21(17)22(26)20-12-6-15-30-20/h3-4,6,8,10,12,15,22,25H,2,5,7,9,11,13-14H2,1H3,(H,24,28)/t22-/m0/s1. The van der Waals surface area contributed by atoms with Gasteiger partial charge in [-0.15, -0.1) is 11.3 Å². The lowest BCUT2D eigenvalue weighted by Gasteiger charge is -2.33. The van der Waals surface area contributed by atoms with Crippen LogP contribution in [0.3, 0.4) is 0 Å². The number of ketones is 1. The molecule has 158 valence electrons. The van der Waals surface area contributed by atoms with E-state index in [2.05, 4.69) is 10.6 Å². The zero-order valence-corrected chi connectivity index (χ0v) is 18.0. The number of rotatable bonds is 6. The van der Waals surface area contributed by atoms with Crippen molar-refractivity contribution in [2.45, 2.75) is 38.6 Å². The molecule has 1 aliphatic carbocycles. The Labute approximate surface area is 180 Å². The van der Waals surface area contributed by atoms with Crippen molar-refractivity contribution in [2.75, 3.05) is 30.0 Å². The second-order valence-corrected chi connectivity index (χ2v) is 8.36. The van der Waals surface area contributed by atoms with Gasteiger partial charge in [0.25, 0.3) is 0 Å².